The lowest BCUT2D eigenvalue weighted by Crippen LogP contribution is -2.51. The second kappa shape index (κ2) is 12.1. The van der Waals surface area contributed by atoms with Gasteiger partial charge in [0.05, 0.1) is 7.11 Å². The maximum absolute atomic E-state index is 13.3. The number of carbonyl (C=O) groups excluding carboxylic acids is 2. The van der Waals surface area contributed by atoms with Gasteiger partial charge in [-0.2, -0.15) is 0 Å². The number of rotatable bonds is 11. The molecule has 0 unspecified atom stereocenters. The van der Waals surface area contributed by atoms with Gasteiger partial charge in [-0.1, -0.05) is 70.2 Å². The molecular formula is C26H36N2O3. The van der Waals surface area contributed by atoms with E-state index in [0.29, 0.717) is 25.4 Å². The van der Waals surface area contributed by atoms with Crippen molar-refractivity contribution in [2.24, 2.45) is 11.8 Å². The van der Waals surface area contributed by atoms with Crippen LogP contribution in [0.15, 0.2) is 54.6 Å². The molecule has 168 valence electrons. The molecule has 0 heterocycles. The smallest absolute Gasteiger partial charge is 0.243 e. The zero-order valence-corrected chi connectivity index (χ0v) is 19.4. The Balaban J connectivity index is 2.32. The zero-order valence-electron chi connectivity index (χ0n) is 19.4. The summed E-state index contributed by atoms with van der Waals surface area (Å²) in [6.07, 6.45) is 1.38. The Morgan fingerprint density at radius 1 is 0.935 bits per heavy atom. The van der Waals surface area contributed by atoms with Gasteiger partial charge in [0.25, 0.3) is 0 Å². The van der Waals surface area contributed by atoms with Gasteiger partial charge in [-0.25, -0.2) is 0 Å². The van der Waals surface area contributed by atoms with Crippen LogP contribution in [0.2, 0.25) is 0 Å². The van der Waals surface area contributed by atoms with E-state index in [9.17, 15) is 9.59 Å². The van der Waals surface area contributed by atoms with Crippen molar-refractivity contribution in [2.45, 2.75) is 53.1 Å². The maximum atomic E-state index is 13.3. The van der Waals surface area contributed by atoms with Crippen molar-refractivity contribution in [1.82, 2.24) is 10.2 Å². The molecule has 2 amide bonds. The van der Waals surface area contributed by atoms with Crippen LogP contribution in [0.25, 0.3) is 0 Å². The highest BCUT2D eigenvalue weighted by molar-refractivity contribution is 5.88. The van der Waals surface area contributed by atoms with Crippen molar-refractivity contribution >= 4 is 11.8 Å². The van der Waals surface area contributed by atoms with Crippen LogP contribution in [-0.2, 0) is 22.6 Å². The van der Waals surface area contributed by atoms with E-state index in [4.69, 9.17) is 4.74 Å². The fourth-order valence-electron chi connectivity index (χ4n) is 3.38. The Hall–Kier alpha value is -2.82. The first kappa shape index (κ1) is 24.4. The number of benzene rings is 2. The first-order valence-corrected chi connectivity index (χ1v) is 11.1. The van der Waals surface area contributed by atoms with Crippen LogP contribution in [0.1, 0.15) is 45.2 Å². The third-order valence-electron chi connectivity index (χ3n) is 5.26. The average molecular weight is 425 g/mol. The summed E-state index contributed by atoms with van der Waals surface area (Å²) in [6, 6.07) is 16.9. The number of ether oxygens (including phenoxy) is 1. The molecule has 5 nitrogen and oxygen atoms in total. The van der Waals surface area contributed by atoms with Gasteiger partial charge in [-0.3, -0.25) is 9.59 Å². The van der Waals surface area contributed by atoms with Crippen molar-refractivity contribution in [2.75, 3.05) is 13.7 Å². The van der Waals surface area contributed by atoms with Gasteiger partial charge in [-0.15, -0.1) is 0 Å². The summed E-state index contributed by atoms with van der Waals surface area (Å²) in [5.74, 6) is 0.918. The van der Waals surface area contributed by atoms with Crippen LogP contribution >= 0.6 is 0 Å². The van der Waals surface area contributed by atoms with Crippen molar-refractivity contribution in [3.8, 4) is 5.75 Å². The van der Waals surface area contributed by atoms with Crippen molar-refractivity contribution in [3.63, 3.8) is 0 Å². The average Bonchev–Trinajstić information content (AvgIpc) is 2.76. The van der Waals surface area contributed by atoms with E-state index >= 15 is 0 Å². The minimum Gasteiger partial charge on any atom is -0.497 e. The Labute approximate surface area is 186 Å². The summed E-state index contributed by atoms with van der Waals surface area (Å²) in [4.78, 5) is 28.2. The van der Waals surface area contributed by atoms with Gasteiger partial charge < -0.3 is 15.0 Å². The number of nitrogens with one attached hydrogen (secondary N) is 1. The highest BCUT2D eigenvalue weighted by Gasteiger charge is 2.31. The monoisotopic (exact) mass is 424 g/mol. The number of hydrogen-bond donors (Lipinski definition) is 1. The van der Waals surface area contributed by atoms with Gasteiger partial charge in [0.2, 0.25) is 11.8 Å². The first-order valence-electron chi connectivity index (χ1n) is 11.1. The highest BCUT2D eigenvalue weighted by atomic mass is 16.5. The lowest BCUT2D eigenvalue weighted by Gasteiger charge is -2.33. The molecule has 1 atom stereocenters. The molecule has 31 heavy (non-hydrogen) atoms. The van der Waals surface area contributed by atoms with E-state index in [1.807, 2.05) is 68.4 Å². The van der Waals surface area contributed by atoms with Crippen LogP contribution in [-0.4, -0.2) is 36.4 Å². The van der Waals surface area contributed by atoms with E-state index in [0.717, 1.165) is 23.3 Å². The van der Waals surface area contributed by atoms with Gasteiger partial charge in [0.15, 0.2) is 0 Å². The molecule has 0 fully saturated rings. The number of amides is 2. The predicted molar refractivity (Wildman–Crippen MR) is 125 cm³/mol. The second-order valence-electron chi connectivity index (χ2n) is 8.65. The van der Waals surface area contributed by atoms with E-state index < -0.39 is 6.04 Å². The third kappa shape index (κ3) is 7.74. The second-order valence-corrected chi connectivity index (χ2v) is 8.65. The summed E-state index contributed by atoms with van der Waals surface area (Å²) in [6.45, 7) is 8.99. The maximum Gasteiger partial charge on any atom is 0.243 e. The van der Waals surface area contributed by atoms with Crippen LogP contribution in [0.4, 0.5) is 0 Å². The first-order chi connectivity index (χ1) is 14.8. The molecule has 0 radical (unpaired) electrons. The Kier molecular flexibility index (Phi) is 9.57. The Morgan fingerprint density at radius 2 is 1.58 bits per heavy atom. The van der Waals surface area contributed by atoms with Gasteiger partial charge in [0.1, 0.15) is 11.8 Å². The standard InChI is InChI=1S/C26H36N2O3/c1-19(2)15-16-27-25(29)24(17-21-9-7-6-8-10-21)28(26(30)20(3)4)18-22-11-13-23(31-5)14-12-22/h6-14,19-20,24H,15-18H2,1-5H3,(H,27,29)/t24-/m0/s1. The molecule has 1 N–H and O–H groups in total. The van der Waals surface area contributed by atoms with E-state index in [2.05, 4.69) is 19.2 Å². The topological polar surface area (TPSA) is 58.6 Å². The normalized spacial score (nSPS) is 12.0. The molecule has 2 aromatic rings. The minimum atomic E-state index is -0.577. The summed E-state index contributed by atoms with van der Waals surface area (Å²) in [7, 11) is 1.63. The molecule has 0 bridgehead atoms. The largest absolute Gasteiger partial charge is 0.497 e. The quantitative estimate of drug-likeness (QED) is 0.580. The molecular weight excluding hydrogens is 388 g/mol. The molecule has 0 aliphatic rings. The molecule has 0 saturated carbocycles. The number of methoxy groups -OCH3 is 1. The van der Waals surface area contributed by atoms with E-state index in [-0.39, 0.29) is 17.7 Å². The molecule has 5 heteroatoms. The Morgan fingerprint density at radius 3 is 2.13 bits per heavy atom. The van der Waals surface area contributed by atoms with Crippen molar-refractivity contribution in [1.29, 1.82) is 0 Å². The highest BCUT2D eigenvalue weighted by Crippen LogP contribution is 2.19. The van der Waals surface area contributed by atoms with Gasteiger partial charge in [-0.05, 0) is 35.6 Å². The lowest BCUT2D eigenvalue weighted by atomic mass is 10.0. The molecule has 0 aliphatic heterocycles. The van der Waals surface area contributed by atoms with E-state index in [1.165, 1.54) is 0 Å². The summed E-state index contributed by atoms with van der Waals surface area (Å²) in [5.41, 5.74) is 1.99. The zero-order chi connectivity index (χ0) is 22.8. The van der Waals surface area contributed by atoms with Crippen molar-refractivity contribution < 1.29 is 14.3 Å². The van der Waals surface area contributed by atoms with Gasteiger partial charge in [0, 0.05) is 25.4 Å². The Bertz CT molecular complexity index is 816. The fourth-order valence-corrected chi connectivity index (χ4v) is 3.38. The number of carbonyl (C=O) groups is 2. The SMILES string of the molecule is COc1ccc(CN(C(=O)C(C)C)[C@@H](Cc2ccccc2)C(=O)NCCC(C)C)cc1. The molecule has 2 aromatic carbocycles. The van der Waals surface area contributed by atoms with Crippen LogP contribution in [0.5, 0.6) is 5.75 Å². The summed E-state index contributed by atoms with van der Waals surface area (Å²) < 4.78 is 5.24. The molecule has 2 rings (SSSR count). The third-order valence-corrected chi connectivity index (χ3v) is 5.26. The molecule has 0 aliphatic carbocycles. The number of hydrogen-bond acceptors (Lipinski definition) is 3. The van der Waals surface area contributed by atoms with Gasteiger partial charge >= 0.3 is 0 Å². The minimum absolute atomic E-state index is 0.0317. The van der Waals surface area contributed by atoms with Crippen molar-refractivity contribution in [3.05, 3.63) is 65.7 Å². The molecule has 0 spiro atoms. The van der Waals surface area contributed by atoms with Crippen LogP contribution in [0, 0.1) is 11.8 Å². The van der Waals surface area contributed by atoms with Crippen LogP contribution in [0.3, 0.4) is 0 Å². The lowest BCUT2D eigenvalue weighted by molar-refractivity contribution is -0.143. The molecule has 0 saturated heterocycles. The summed E-state index contributed by atoms with van der Waals surface area (Å²) in [5, 5.41) is 3.06. The molecule has 0 aromatic heterocycles. The summed E-state index contributed by atoms with van der Waals surface area (Å²) >= 11 is 0. The predicted octanol–water partition coefficient (Wildman–Crippen LogP) is 4.45. The fraction of sp³-hybridized carbons (Fsp3) is 0.462. The van der Waals surface area contributed by atoms with E-state index in [1.54, 1.807) is 12.0 Å². The number of nitrogens with zero attached hydrogens (tertiary/aromatic N) is 1. The van der Waals surface area contributed by atoms with Crippen LogP contribution < -0.4 is 10.1 Å².